The summed E-state index contributed by atoms with van der Waals surface area (Å²) >= 11 is 0. The van der Waals surface area contributed by atoms with Crippen molar-refractivity contribution in [2.45, 2.75) is 32.4 Å². The molecular formula is C13H27Cl2N3O4. The Labute approximate surface area is 144 Å². The number of nitrogens with two attached hydrogens (primary N) is 1. The summed E-state index contributed by atoms with van der Waals surface area (Å²) in [6, 6.07) is -0.550. The molecule has 0 spiro atoms. The van der Waals surface area contributed by atoms with Crippen LogP contribution in [0.4, 0.5) is 0 Å². The Morgan fingerprint density at radius 1 is 1.27 bits per heavy atom. The minimum Gasteiger partial charge on any atom is -0.480 e. The fourth-order valence-electron chi connectivity index (χ4n) is 2.22. The Morgan fingerprint density at radius 3 is 2.32 bits per heavy atom. The molecule has 0 radical (unpaired) electrons. The average molecular weight is 360 g/mol. The number of rotatable bonds is 5. The molecule has 1 fully saturated rings. The fraction of sp³-hybridized carbons (Fsp3) is 0.846. The zero-order valence-electron chi connectivity index (χ0n) is 13.3. The van der Waals surface area contributed by atoms with Crippen LogP contribution in [0.3, 0.4) is 0 Å². The number of halogens is 2. The van der Waals surface area contributed by atoms with Crippen LogP contribution in [-0.4, -0.2) is 77.8 Å². The van der Waals surface area contributed by atoms with Gasteiger partial charge in [0.05, 0.1) is 6.54 Å². The molecule has 132 valence electrons. The lowest BCUT2D eigenvalue weighted by Crippen LogP contribution is -2.59. The van der Waals surface area contributed by atoms with Crippen LogP contribution in [0.5, 0.6) is 0 Å². The van der Waals surface area contributed by atoms with E-state index in [-0.39, 0.29) is 37.3 Å². The molecule has 1 rings (SSSR count). The number of carbonyl (C=O) groups excluding carboxylic acids is 1. The standard InChI is InChI=1S/C13H25N3O4.2ClH/c1-13(2,3)20-12(19)10-8-15(5-4-14)6-7-16(10)9-11(17)18;;/h10H,4-9,14H2,1-3H3,(H,17,18);2*1H. The fourth-order valence-corrected chi connectivity index (χ4v) is 2.22. The molecule has 1 aliphatic heterocycles. The van der Waals surface area contributed by atoms with Crippen molar-refractivity contribution in [2.24, 2.45) is 5.73 Å². The van der Waals surface area contributed by atoms with Crippen molar-refractivity contribution in [1.29, 1.82) is 0 Å². The van der Waals surface area contributed by atoms with Crippen LogP contribution >= 0.6 is 24.8 Å². The molecule has 1 heterocycles. The van der Waals surface area contributed by atoms with Crippen LogP contribution < -0.4 is 5.73 Å². The lowest BCUT2D eigenvalue weighted by atomic mass is 10.1. The van der Waals surface area contributed by atoms with E-state index in [9.17, 15) is 9.59 Å². The SMILES string of the molecule is CC(C)(C)OC(=O)C1CN(CCN)CCN1CC(=O)O.Cl.Cl. The number of carboxylic acid groups (broad SMARTS) is 1. The Balaban J connectivity index is 0. The Morgan fingerprint density at radius 2 is 1.86 bits per heavy atom. The molecule has 1 atom stereocenters. The first-order chi connectivity index (χ1) is 9.23. The molecule has 1 unspecified atom stereocenters. The molecule has 0 aromatic heterocycles. The number of esters is 1. The topological polar surface area (TPSA) is 96.1 Å². The van der Waals surface area contributed by atoms with Crippen molar-refractivity contribution < 1.29 is 19.4 Å². The van der Waals surface area contributed by atoms with E-state index in [1.165, 1.54) is 0 Å². The van der Waals surface area contributed by atoms with Crippen LogP contribution in [0.15, 0.2) is 0 Å². The molecule has 0 amide bonds. The van der Waals surface area contributed by atoms with E-state index in [1.807, 2.05) is 0 Å². The lowest BCUT2D eigenvalue weighted by molar-refractivity contribution is -0.165. The first-order valence-electron chi connectivity index (χ1n) is 6.84. The summed E-state index contributed by atoms with van der Waals surface area (Å²) in [5.41, 5.74) is 4.95. The lowest BCUT2D eigenvalue weighted by Gasteiger charge is -2.40. The van der Waals surface area contributed by atoms with Gasteiger partial charge in [-0.05, 0) is 20.8 Å². The largest absolute Gasteiger partial charge is 0.480 e. The zero-order chi connectivity index (χ0) is 15.3. The van der Waals surface area contributed by atoms with Crippen molar-refractivity contribution in [3.05, 3.63) is 0 Å². The van der Waals surface area contributed by atoms with Gasteiger partial charge in [0.25, 0.3) is 0 Å². The first kappa shape index (κ1) is 23.7. The Bertz CT molecular complexity index is 364. The predicted octanol–water partition coefficient (Wildman–Crippen LogP) is 0.201. The highest BCUT2D eigenvalue weighted by molar-refractivity contribution is 5.85. The maximum absolute atomic E-state index is 12.2. The van der Waals surface area contributed by atoms with Gasteiger partial charge in [0, 0.05) is 32.7 Å². The van der Waals surface area contributed by atoms with Crippen LogP contribution in [0, 0.1) is 0 Å². The average Bonchev–Trinajstić information content (AvgIpc) is 2.28. The van der Waals surface area contributed by atoms with E-state index < -0.39 is 17.6 Å². The summed E-state index contributed by atoms with van der Waals surface area (Å²) in [6.07, 6.45) is 0. The van der Waals surface area contributed by atoms with Gasteiger partial charge in [-0.1, -0.05) is 0 Å². The Kier molecular flexibility index (Phi) is 11.0. The predicted molar refractivity (Wildman–Crippen MR) is 88.8 cm³/mol. The normalized spacial score (nSPS) is 19.7. The number of piperazine rings is 1. The summed E-state index contributed by atoms with van der Waals surface area (Å²) in [5, 5.41) is 8.94. The number of carboxylic acids is 1. The highest BCUT2D eigenvalue weighted by Crippen LogP contribution is 2.15. The third kappa shape index (κ3) is 8.14. The van der Waals surface area contributed by atoms with Gasteiger partial charge in [-0.15, -0.1) is 24.8 Å². The molecule has 3 N–H and O–H groups in total. The number of aliphatic carboxylic acids is 1. The van der Waals surface area contributed by atoms with Crippen LogP contribution in [0.1, 0.15) is 20.8 Å². The maximum Gasteiger partial charge on any atom is 0.325 e. The monoisotopic (exact) mass is 359 g/mol. The minimum atomic E-state index is -0.939. The smallest absolute Gasteiger partial charge is 0.325 e. The summed E-state index contributed by atoms with van der Waals surface area (Å²) in [7, 11) is 0. The third-order valence-electron chi connectivity index (χ3n) is 3.04. The molecule has 0 bridgehead atoms. The summed E-state index contributed by atoms with van der Waals surface area (Å²) < 4.78 is 5.38. The highest BCUT2D eigenvalue weighted by Gasteiger charge is 2.35. The zero-order valence-corrected chi connectivity index (χ0v) is 14.9. The van der Waals surface area contributed by atoms with Crippen LogP contribution in [0.2, 0.25) is 0 Å². The van der Waals surface area contributed by atoms with Gasteiger partial charge >= 0.3 is 11.9 Å². The number of nitrogens with zero attached hydrogens (tertiary/aromatic N) is 2. The van der Waals surface area contributed by atoms with Crippen LogP contribution in [-0.2, 0) is 14.3 Å². The minimum absolute atomic E-state index is 0. The second-order valence-electron chi connectivity index (χ2n) is 6.00. The van der Waals surface area contributed by atoms with E-state index in [1.54, 1.807) is 25.7 Å². The van der Waals surface area contributed by atoms with Gasteiger partial charge in [0.2, 0.25) is 0 Å². The second-order valence-corrected chi connectivity index (χ2v) is 6.00. The van der Waals surface area contributed by atoms with Gasteiger partial charge in [-0.3, -0.25) is 19.4 Å². The van der Waals surface area contributed by atoms with E-state index in [4.69, 9.17) is 15.6 Å². The number of carbonyl (C=O) groups is 2. The molecular weight excluding hydrogens is 333 g/mol. The van der Waals surface area contributed by atoms with Gasteiger partial charge in [0.1, 0.15) is 11.6 Å². The van der Waals surface area contributed by atoms with Gasteiger partial charge in [0.15, 0.2) is 0 Å². The van der Waals surface area contributed by atoms with Crippen molar-refractivity contribution in [3.8, 4) is 0 Å². The summed E-state index contributed by atoms with van der Waals surface area (Å²) in [4.78, 5) is 26.9. The Hall–Kier alpha value is -0.600. The van der Waals surface area contributed by atoms with Gasteiger partial charge in [-0.2, -0.15) is 0 Å². The number of hydrogen-bond donors (Lipinski definition) is 2. The highest BCUT2D eigenvalue weighted by atomic mass is 35.5. The van der Waals surface area contributed by atoms with Crippen molar-refractivity contribution in [1.82, 2.24) is 9.80 Å². The summed E-state index contributed by atoms with van der Waals surface area (Å²) in [5.74, 6) is -1.31. The molecule has 7 nitrogen and oxygen atoms in total. The third-order valence-corrected chi connectivity index (χ3v) is 3.04. The van der Waals surface area contributed by atoms with E-state index in [2.05, 4.69) is 4.90 Å². The van der Waals surface area contributed by atoms with Crippen molar-refractivity contribution in [2.75, 3.05) is 39.3 Å². The first-order valence-corrected chi connectivity index (χ1v) is 6.84. The molecule has 0 aromatic rings. The second kappa shape index (κ2) is 10.2. The molecule has 0 aromatic carbocycles. The number of hydrogen-bond acceptors (Lipinski definition) is 6. The molecule has 22 heavy (non-hydrogen) atoms. The van der Waals surface area contributed by atoms with E-state index in [0.717, 1.165) is 0 Å². The van der Waals surface area contributed by atoms with Gasteiger partial charge < -0.3 is 15.6 Å². The maximum atomic E-state index is 12.2. The van der Waals surface area contributed by atoms with E-state index >= 15 is 0 Å². The van der Waals surface area contributed by atoms with Crippen molar-refractivity contribution >= 4 is 36.8 Å². The quantitative estimate of drug-likeness (QED) is 0.676. The molecule has 0 aliphatic carbocycles. The number of ether oxygens (including phenoxy) is 1. The molecule has 1 saturated heterocycles. The van der Waals surface area contributed by atoms with E-state index in [0.29, 0.717) is 32.7 Å². The van der Waals surface area contributed by atoms with Gasteiger partial charge in [-0.25, -0.2) is 0 Å². The van der Waals surface area contributed by atoms with Crippen molar-refractivity contribution in [3.63, 3.8) is 0 Å². The van der Waals surface area contributed by atoms with Crippen LogP contribution in [0.25, 0.3) is 0 Å². The molecule has 0 saturated carbocycles. The summed E-state index contributed by atoms with van der Waals surface area (Å²) in [6.45, 7) is 8.15. The molecule has 9 heteroatoms. The molecule has 1 aliphatic rings.